The summed E-state index contributed by atoms with van der Waals surface area (Å²) in [6, 6.07) is 0. The van der Waals surface area contributed by atoms with Crippen LogP contribution in [0.5, 0.6) is 0 Å². The van der Waals surface area contributed by atoms with Crippen LogP contribution in [0.4, 0.5) is 0 Å². The Morgan fingerprint density at radius 3 is 1.50 bits per heavy atom. The van der Waals surface area contributed by atoms with Crippen LogP contribution in [0.3, 0.4) is 0 Å². The molecule has 0 N–H and O–H groups in total. The van der Waals surface area contributed by atoms with E-state index in [1.54, 1.807) is 0 Å². The second kappa shape index (κ2) is 14.0. The molecule has 2 unspecified atom stereocenters. The minimum atomic E-state index is -1.72. The average Bonchev–Trinajstić information content (AvgIpc) is 2.63. The van der Waals surface area contributed by atoms with Crippen LogP contribution in [0.25, 0.3) is 0 Å². The summed E-state index contributed by atoms with van der Waals surface area (Å²) in [7, 11) is 0. The van der Waals surface area contributed by atoms with Crippen molar-refractivity contribution in [3.8, 4) is 0 Å². The fourth-order valence-electron chi connectivity index (χ4n) is 2.45. The van der Waals surface area contributed by atoms with Crippen molar-refractivity contribution in [2.75, 3.05) is 6.61 Å². The summed E-state index contributed by atoms with van der Waals surface area (Å²) in [5, 5.41) is 11.2. The van der Waals surface area contributed by atoms with Crippen molar-refractivity contribution in [2.45, 2.75) is 68.8 Å². The number of carbonyl (C=O) groups excluding carboxylic acids is 5. The molecule has 0 fully saturated rings. The molecular weight excluding hydrogens is 570 g/mol. The van der Waals surface area contributed by atoms with Crippen LogP contribution in [-0.2, 0) is 47.7 Å². The summed E-state index contributed by atoms with van der Waals surface area (Å²) >= 11 is 5.86. The number of ether oxygens (including phenoxy) is 5. The Morgan fingerprint density at radius 2 is 1.12 bits per heavy atom. The van der Waals surface area contributed by atoms with Gasteiger partial charge in [0.25, 0.3) is 4.95 Å². The number of esters is 5. The van der Waals surface area contributed by atoms with E-state index < -0.39 is 75.6 Å². The molecule has 15 heteroatoms. The molecule has 0 aromatic carbocycles. The molecule has 0 heterocycles. The Kier molecular flexibility index (Phi) is 13.0. The third-order valence-electron chi connectivity index (χ3n) is 3.47. The van der Waals surface area contributed by atoms with Crippen LogP contribution in [-0.4, -0.2) is 75.6 Å². The second-order valence-corrected chi connectivity index (χ2v) is 8.27. The van der Waals surface area contributed by atoms with Gasteiger partial charge in [-0.25, -0.2) is 0 Å². The first-order chi connectivity index (χ1) is 14.7. The number of alkyl halides is 2. The van der Waals surface area contributed by atoms with E-state index in [2.05, 4.69) is 31.9 Å². The Morgan fingerprint density at radius 1 is 0.719 bits per heavy atom. The maximum Gasteiger partial charge on any atom is 0.303 e. The van der Waals surface area contributed by atoms with Crippen LogP contribution < -0.4 is 0 Å². The number of hydrogen-bond acceptors (Lipinski definition) is 12. The minimum absolute atomic E-state index is 0.628. The van der Waals surface area contributed by atoms with Gasteiger partial charge in [0.2, 0.25) is 0 Å². The molecule has 0 aromatic heterocycles. The summed E-state index contributed by atoms with van der Waals surface area (Å²) in [4.78, 5) is 65.8. The van der Waals surface area contributed by atoms with Crippen LogP contribution in [0.2, 0.25) is 0 Å². The first-order valence-electron chi connectivity index (χ1n) is 8.91. The lowest BCUT2D eigenvalue weighted by atomic mass is 9.99. The van der Waals surface area contributed by atoms with Gasteiger partial charge in [-0.2, -0.15) is 0 Å². The standard InChI is InChI=1S/C17H23Br2NO12/c1-7(21)28-6-12(29-8(2)22)14(30-9(3)23)16(32-11(5)25)15(31-10(4)24)13(18)17(19)20(26)27/h12-17H,6H2,1-5H3/t12-,13?,14+,15+,16+,17?/m1/s1. The van der Waals surface area contributed by atoms with Crippen molar-refractivity contribution in [1.29, 1.82) is 0 Å². The predicted octanol–water partition coefficient (Wildman–Crippen LogP) is 1.04. The van der Waals surface area contributed by atoms with E-state index in [1.807, 2.05) is 0 Å². The number of rotatable bonds is 12. The van der Waals surface area contributed by atoms with Crippen LogP contribution in [0.15, 0.2) is 0 Å². The highest BCUT2D eigenvalue weighted by molar-refractivity contribution is 9.12. The van der Waals surface area contributed by atoms with Crippen LogP contribution in [0, 0.1) is 10.1 Å². The van der Waals surface area contributed by atoms with Crippen molar-refractivity contribution in [3.63, 3.8) is 0 Å². The van der Waals surface area contributed by atoms with Crippen molar-refractivity contribution >= 4 is 61.7 Å². The van der Waals surface area contributed by atoms with E-state index in [0.29, 0.717) is 0 Å². The molecule has 182 valence electrons. The predicted molar refractivity (Wildman–Crippen MR) is 111 cm³/mol. The van der Waals surface area contributed by atoms with Crippen molar-refractivity contribution in [2.24, 2.45) is 0 Å². The van der Waals surface area contributed by atoms with Gasteiger partial charge in [0.15, 0.2) is 24.4 Å². The lowest BCUT2D eigenvalue weighted by Crippen LogP contribution is -2.56. The molecule has 6 atom stereocenters. The average molecular weight is 593 g/mol. The van der Waals surface area contributed by atoms with Gasteiger partial charge in [-0.15, -0.1) is 0 Å². The molecule has 0 aliphatic heterocycles. The monoisotopic (exact) mass is 591 g/mol. The van der Waals surface area contributed by atoms with Gasteiger partial charge >= 0.3 is 29.8 Å². The van der Waals surface area contributed by atoms with E-state index in [-0.39, 0.29) is 0 Å². The van der Waals surface area contributed by atoms with Crippen LogP contribution >= 0.6 is 31.9 Å². The fraction of sp³-hybridized carbons (Fsp3) is 0.706. The molecule has 0 spiro atoms. The smallest absolute Gasteiger partial charge is 0.303 e. The van der Waals surface area contributed by atoms with Crippen LogP contribution in [0.1, 0.15) is 34.6 Å². The van der Waals surface area contributed by atoms with E-state index >= 15 is 0 Å². The Bertz CT molecular complexity index is 730. The first kappa shape index (κ1) is 29.7. The number of carbonyl (C=O) groups is 5. The Balaban J connectivity index is 6.56. The molecule has 32 heavy (non-hydrogen) atoms. The minimum Gasteiger partial charge on any atom is -0.462 e. The zero-order chi connectivity index (χ0) is 25.2. The highest BCUT2D eigenvalue weighted by Gasteiger charge is 2.49. The SMILES string of the molecule is CC(=O)OC[C@@H](OC(C)=O)[C@H](OC(C)=O)[C@H](OC(C)=O)[C@@H](OC(C)=O)C(Br)C(Br)[N+](=O)[O-]. The molecular formula is C17H23Br2NO12. The van der Waals surface area contributed by atoms with Gasteiger partial charge < -0.3 is 23.7 Å². The Labute approximate surface area is 199 Å². The van der Waals surface area contributed by atoms with E-state index in [1.165, 1.54) is 0 Å². The Hall–Kier alpha value is -2.29. The third-order valence-corrected chi connectivity index (χ3v) is 6.10. The van der Waals surface area contributed by atoms with Gasteiger partial charge in [0.05, 0.1) is 0 Å². The van der Waals surface area contributed by atoms with Crippen molar-refractivity contribution in [1.82, 2.24) is 0 Å². The molecule has 0 rings (SSSR count). The molecule has 0 saturated carbocycles. The summed E-state index contributed by atoms with van der Waals surface area (Å²) in [6.07, 6.45) is -6.54. The second-order valence-electron chi connectivity index (χ2n) is 6.28. The lowest BCUT2D eigenvalue weighted by Gasteiger charge is -2.36. The zero-order valence-electron chi connectivity index (χ0n) is 17.8. The van der Waals surface area contributed by atoms with E-state index in [9.17, 15) is 34.1 Å². The maximum atomic E-state index is 11.8. The molecule has 0 saturated heterocycles. The molecule has 0 amide bonds. The van der Waals surface area contributed by atoms with Crippen molar-refractivity contribution in [3.05, 3.63) is 10.1 Å². The summed E-state index contributed by atoms with van der Waals surface area (Å²) in [5.41, 5.74) is 0. The highest BCUT2D eigenvalue weighted by Crippen LogP contribution is 2.29. The van der Waals surface area contributed by atoms with Gasteiger partial charge in [0, 0.05) is 39.5 Å². The highest BCUT2D eigenvalue weighted by atomic mass is 79.9. The molecule has 0 aromatic rings. The zero-order valence-corrected chi connectivity index (χ0v) is 20.9. The van der Waals surface area contributed by atoms with Gasteiger partial charge in [-0.1, -0.05) is 15.9 Å². The normalized spacial score (nSPS) is 16.2. The summed E-state index contributed by atoms with van der Waals surface area (Å²) in [5.74, 6) is -4.42. The number of halogens is 2. The molecule has 0 aliphatic carbocycles. The summed E-state index contributed by atoms with van der Waals surface area (Å²) < 4.78 is 25.5. The number of nitrogens with zero attached hydrogens (tertiary/aromatic N) is 1. The molecule has 13 nitrogen and oxygen atoms in total. The number of nitro groups is 1. The molecule has 0 aliphatic rings. The van der Waals surface area contributed by atoms with E-state index in [0.717, 1.165) is 34.6 Å². The first-order valence-corrected chi connectivity index (χ1v) is 10.7. The van der Waals surface area contributed by atoms with Gasteiger partial charge in [-0.3, -0.25) is 34.1 Å². The topological polar surface area (TPSA) is 175 Å². The maximum absolute atomic E-state index is 11.8. The fourth-order valence-corrected chi connectivity index (χ4v) is 3.35. The van der Waals surface area contributed by atoms with Gasteiger partial charge in [-0.05, 0) is 15.9 Å². The number of hydrogen-bond donors (Lipinski definition) is 0. The van der Waals surface area contributed by atoms with Gasteiger partial charge in [0.1, 0.15) is 11.4 Å². The largest absolute Gasteiger partial charge is 0.462 e. The molecule has 0 bridgehead atoms. The van der Waals surface area contributed by atoms with Crippen molar-refractivity contribution < 1.29 is 52.6 Å². The lowest BCUT2D eigenvalue weighted by molar-refractivity contribution is -0.493. The summed E-state index contributed by atoms with van der Waals surface area (Å²) in [6.45, 7) is 4.43. The quantitative estimate of drug-likeness (QED) is 0.0787. The molecule has 0 radical (unpaired) electrons. The third kappa shape index (κ3) is 10.8. The van der Waals surface area contributed by atoms with E-state index in [4.69, 9.17) is 23.7 Å².